The summed E-state index contributed by atoms with van der Waals surface area (Å²) in [5.41, 5.74) is -0.0912. The number of benzene rings is 2. The van der Waals surface area contributed by atoms with E-state index in [1.165, 1.54) is 18.2 Å². The minimum Gasteiger partial charge on any atom is -0.322 e. The topological polar surface area (TPSA) is 52.7 Å². The molecule has 0 aliphatic carbocycles. The van der Waals surface area contributed by atoms with Crippen LogP contribution in [0.5, 0.6) is 0 Å². The van der Waals surface area contributed by atoms with E-state index in [-0.39, 0.29) is 30.6 Å². The molecule has 0 bridgehead atoms. The lowest BCUT2D eigenvalue weighted by atomic mass is 9.74. The number of amides is 3. The number of piperidine rings is 1. The predicted octanol–water partition coefficient (Wildman–Crippen LogP) is 4.39. The van der Waals surface area contributed by atoms with Gasteiger partial charge in [0.2, 0.25) is 0 Å². The van der Waals surface area contributed by atoms with E-state index >= 15 is 0 Å². The highest BCUT2D eigenvalue weighted by Gasteiger charge is 2.55. The number of halogens is 3. The molecule has 0 spiro atoms. The summed E-state index contributed by atoms with van der Waals surface area (Å²) >= 11 is 6.19. The number of hydrogen-bond acceptors (Lipinski definition) is 3. The number of nitrogens with zero attached hydrogens (tertiary/aromatic N) is 2. The van der Waals surface area contributed by atoms with Crippen LogP contribution in [0, 0.1) is 29.4 Å². The third-order valence-corrected chi connectivity index (χ3v) is 7.07. The van der Waals surface area contributed by atoms with Crippen molar-refractivity contribution in [2.75, 3.05) is 19.6 Å². The fourth-order valence-corrected chi connectivity index (χ4v) is 5.17. The number of imide groups is 1. The lowest BCUT2D eigenvalue weighted by Crippen LogP contribution is -2.57. The van der Waals surface area contributed by atoms with E-state index in [9.17, 15) is 18.4 Å². The molecule has 0 aromatic heterocycles. The lowest BCUT2D eigenvalue weighted by Gasteiger charge is -2.41. The van der Waals surface area contributed by atoms with Crippen LogP contribution in [0.25, 0.3) is 0 Å². The molecule has 2 aromatic rings. The minimum absolute atomic E-state index is 0.0106. The standard InChI is InChI=1S/C26H26ClF2N3O2/c1-2-3-12-32-24(33)26(30-25(32)34,16-18-6-4-7-20(28)15-18)19-10-13-31(14-11-19)17-21-22(27)8-5-9-23(21)29/h4-9,15,19H,10-14,16-17H2,1H3,(H,30,34)/t26-/m1/s1. The van der Waals surface area contributed by atoms with Crippen LogP contribution < -0.4 is 5.32 Å². The monoisotopic (exact) mass is 485 g/mol. The van der Waals surface area contributed by atoms with Gasteiger partial charge >= 0.3 is 6.03 Å². The Hall–Kier alpha value is -2.95. The van der Waals surface area contributed by atoms with E-state index in [4.69, 9.17) is 11.6 Å². The third kappa shape index (κ3) is 4.79. The first-order chi connectivity index (χ1) is 16.3. The number of hydrogen-bond donors (Lipinski definition) is 1. The first-order valence-electron chi connectivity index (χ1n) is 11.3. The normalized spacial score (nSPS) is 21.4. The van der Waals surface area contributed by atoms with E-state index in [2.05, 4.69) is 22.1 Å². The van der Waals surface area contributed by atoms with Gasteiger partial charge in [0, 0.05) is 23.6 Å². The van der Waals surface area contributed by atoms with Gasteiger partial charge in [-0.2, -0.15) is 0 Å². The van der Waals surface area contributed by atoms with E-state index in [1.54, 1.807) is 31.2 Å². The van der Waals surface area contributed by atoms with Gasteiger partial charge in [0.15, 0.2) is 0 Å². The van der Waals surface area contributed by atoms with Crippen LogP contribution in [0.1, 0.15) is 30.9 Å². The molecule has 2 fully saturated rings. The van der Waals surface area contributed by atoms with Crippen LogP contribution in [0.2, 0.25) is 5.02 Å². The Morgan fingerprint density at radius 3 is 2.56 bits per heavy atom. The average molecular weight is 486 g/mol. The summed E-state index contributed by atoms with van der Waals surface area (Å²) in [4.78, 5) is 29.6. The molecule has 0 unspecified atom stereocenters. The Labute approximate surface area is 203 Å². The van der Waals surface area contributed by atoms with Gasteiger partial charge < -0.3 is 5.32 Å². The smallest absolute Gasteiger partial charge is 0.322 e. The molecule has 34 heavy (non-hydrogen) atoms. The number of carbonyl (C=O) groups is 2. The molecule has 5 nitrogen and oxygen atoms in total. The number of carbonyl (C=O) groups excluding carboxylic acids is 2. The van der Waals surface area contributed by atoms with Crippen LogP contribution in [0.4, 0.5) is 13.6 Å². The second-order valence-electron chi connectivity index (χ2n) is 8.78. The fourth-order valence-electron chi connectivity index (χ4n) is 4.95. The van der Waals surface area contributed by atoms with Crippen molar-refractivity contribution in [3.05, 3.63) is 70.2 Å². The molecule has 4 rings (SSSR count). The highest BCUT2D eigenvalue weighted by atomic mass is 35.5. The van der Waals surface area contributed by atoms with Gasteiger partial charge in [-0.3, -0.25) is 14.6 Å². The molecule has 1 atom stereocenters. The van der Waals surface area contributed by atoms with E-state index in [0.29, 0.717) is 48.6 Å². The van der Waals surface area contributed by atoms with Gasteiger partial charge in [-0.25, -0.2) is 13.6 Å². The van der Waals surface area contributed by atoms with E-state index in [1.807, 2.05) is 0 Å². The van der Waals surface area contributed by atoms with Gasteiger partial charge in [0.1, 0.15) is 17.2 Å². The largest absolute Gasteiger partial charge is 0.325 e. The first kappa shape index (κ1) is 24.2. The Bertz CT molecular complexity index is 1130. The second kappa shape index (κ2) is 10.1. The highest BCUT2D eigenvalue weighted by molar-refractivity contribution is 6.31. The van der Waals surface area contributed by atoms with Crippen LogP contribution in [-0.2, 0) is 17.8 Å². The second-order valence-corrected chi connectivity index (χ2v) is 9.18. The Morgan fingerprint density at radius 1 is 1.15 bits per heavy atom. The zero-order valence-electron chi connectivity index (χ0n) is 18.9. The Kier molecular flexibility index (Phi) is 7.20. The van der Waals surface area contributed by atoms with Gasteiger partial charge in [0.05, 0.1) is 6.54 Å². The van der Waals surface area contributed by atoms with Crippen molar-refractivity contribution in [3.8, 4) is 11.8 Å². The molecule has 8 heteroatoms. The molecule has 2 aliphatic heterocycles. The van der Waals surface area contributed by atoms with Gasteiger partial charge in [0.25, 0.3) is 5.91 Å². The van der Waals surface area contributed by atoms with Crippen molar-refractivity contribution >= 4 is 23.5 Å². The quantitative estimate of drug-likeness (QED) is 0.488. The maximum atomic E-state index is 14.3. The molecular formula is C26H26ClF2N3O2. The molecule has 2 aliphatic rings. The minimum atomic E-state index is -1.18. The number of rotatable bonds is 6. The summed E-state index contributed by atoms with van der Waals surface area (Å²) in [5, 5.41) is 3.33. The molecule has 2 saturated heterocycles. The SMILES string of the molecule is CC#CCN1C(=O)N[C@](Cc2cccc(F)c2)(C2CCN(Cc3c(F)cccc3Cl)CC2)C1=O. The molecule has 3 amide bonds. The zero-order chi connectivity index (χ0) is 24.3. The third-order valence-electron chi connectivity index (χ3n) is 6.72. The maximum absolute atomic E-state index is 14.3. The van der Waals surface area contributed by atoms with Crippen molar-refractivity contribution < 1.29 is 18.4 Å². The molecule has 0 saturated carbocycles. The Morgan fingerprint density at radius 2 is 1.88 bits per heavy atom. The first-order valence-corrected chi connectivity index (χ1v) is 11.7. The molecule has 178 valence electrons. The van der Waals surface area contributed by atoms with E-state index in [0.717, 1.165) is 4.90 Å². The van der Waals surface area contributed by atoms with Crippen molar-refractivity contribution in [1.82, 2.24) is 15.1 Å². The van der Waals surface area contributed by atoms with Crippen LogP contribution in [0.3, 0.4) is 0 Å². The average Bonchev–Trinajstić information content (AvgIpc) is 3.05. The molecule has 2 aromatic carbocycles. The lowest BCUT2D eigenvalue weighted by molar-refractivity contribution is -0.133. The number of nitrogens with one attached hydrogen (secondary N) is 1. The summed E-state index contributed by atoms with van der Waals surface area (Å²) in [5.74, 6) is 4.27. The summed E-state index contributed by atoms with van der Waals surface area (Å²) in [6.45, 7) is 3.25. The van der Waals surface area contributed by atoms with Gasteiger partial charge in [-0.05, 0) is 68.6 Å². The van der Waals surface area contributed by atoms with Crippen LogP contribution in [-0.4, -0.2) is 46.9 Å². The molecule has 2 heterocycles. The summed E-state index contributed by atoms with van der Waals surface area (Å²) in [6, 6.07) is 10.3. The summed E-state index contributed by atoms with van der Waals surface area (Å²) in [6.07, 6.45) is 1.41. The van der Waals surface area contributed by atoms with Gasteiger partial charge in [-0.15, -0.1) is 5.92 Å². The number of urea groups is 1. The summed E-state index contributed by atoms with van der Waals surface area (Å²) in [7, 11) is 0. The molecule has 0 radical (unpaired) electrons. The summed E-state index contributed by atoms with van der Waals surface area (Å²) < 4.78 is 28.2. The number of likely N-dealkylation sites (tertiary alicyclic amines) is 1. The fraction of sp³-hybridized carbons (Fsp3) is 0.385. The zero-order valence-corrected chi connectivity index (χ0v) is 19.7. The van der Waals surface area contributed by atoms with Crippen molar-refractivity contribution in [1.29, 1.82) is 0 Å². The Balaban J connectivity index is 1.56. The van der Waals surface area contributed by atoms with Crippen molar-refractivity contribution in [3.63, 3.8) is 0 Å². The highest BCUT2D eigenvalue weighted by Crippen LogP contribution is 2.37. The maximum Gasteiger partial charge on any atom is 0.325 e. The molecular weight excluding hydrogens is 460 g/mol. The van der Waals surface area contributed by atoms with E-state index < -0.39 is 17.4 Å². The van der Waals surface area contributed by atoms with Crippen molar-refractivity contribution in [2.24, 2.45) is 5.92 Å². The van der Waals surface area contributed by atoms with Gasteiger partial charge in [-0.1, -0.05) is 35.7 Å². The van der Waals surface area contributed by atoms with Crippen molar-refractivity contribution in [2.45, 2.75) is 38.3 Å². The molecule has 1 N–H and O–H groups in total. The van der Waals surface area contributed by atoms with Crippen LogP contribution in [0.15, 0.2) is 42.5 Å². The van der Waals surface area contributed by atoms with Crippen LogP contribution >= 0.6 is 11.6 Å². The predicted molar refractivity (Wildman–Crippen MR) is 126 cm³/mol.